The zero-order valence-corrected chi connectivity index (χ0v) is 13.3. The molecule has 114 valence electrons. The van der Waals surface area contributed by atoms with Crippen LogP contribution in [0.1, 0.15) is 19.5 Å². The summed E-state index contributed by atoms with van der Waals surface area (Å²) in [4.78, 5) is 18.6. The van der Waals surface area contributed by atoms with Crippen molar-refractivity contribution >= 4 is 17.2 Å². The van der Waals surface area contributed by atoms with E-state index in [-0.39, 0.29) is 5.91 Å². The van der Waals surface area contributed by atoms with Gasteiger partial charge in [0.15, 0.2) is 10.8 Å². The lowest BCUT2D eigenvalue weighted by atomic mass is 10.3. The Labute approximate surface area is 129 Å². The van der Waals surface area contributed by atoms with Gasteiger partial charge in [0, 0.05) is 18.5 Å². The molecule has 2 heterocycles. The number of carbonyl (C=O) groups excluding carboxylic acids is 1. The van der Waals surface area contributed by atoms with Crippen LogP contribution >= 0.6 is 11.3 Å². The van der Waals surface area contributed by atoms with E-state index in [1.807, 2.05) is 17.5 Å². The van der Waals surface area contributed by atoms with Crippen LogP contribution < -0.4 is 5.32 Å². The molecule has 0 aliphatic heterocycles. The zero-order valence-electron chi connectivity index (χ0n) is 12.5. The van der Waals surface area contributed by atoms with E-state index < -0.39 is 0 Å². The van der Waals surface area contributed by atoms with E-state index in [2.05, 4.69) is 29.0 Å². The molecule has 21 heavy (non-hydrogen) atoms. The minimum absolute atomic E-state index is 0.0125. The van der Waals surface area contributed by atoms with Crippen molar-refractivity contribution in [2.24, 2.45) is 0 Å². The summed E-state index contributed by atoms with van der Waals surface area (Å²) >= 11 is 1.49. The number of furan rings is 1. The predicted molar refractivity (Wildman–Crippen MR) is 84.3 cm³/mol. The van der Waals surface area contributed by atoms with Gasteiger partial charge in [0.25, 0.3) is 0 Å². The third-order valence-corrected chi connectivity index (χ3v) is 4.18. The lowest BCUT2D eigenvalue weighted by molar-refractivity contribution is -0.120. The second kappa shape index (κ2) is 7.95. The third kappa shape index (κ3) is 4.68. The van der Waals surface area contributed by atoms with Crippen molar-refractivity contribution in [1.82, 2.24) is 15.2 Å². The van der Waals surface area contributed by atoms with Crippen molar-refractivity contribution < 1.29 is 9.21 Å². The molecule has 1 N–H and O–H groups in total. The summed E-state index contributed by atoms with van der Waals surface area (Å²) in [7, 11) is 0. The van der Waals surface area contributed by atoms with Gasteiger partial charge in [0.2, 0.25) is 5.91 Å². The number of hydrogen-bond donors (Lipinski definition) is 1. The molecule has 6 heteroatoms. The van der Waals surface area contributed by atoms with Gasteiger partial charge >= 0.3 is 0 Å². The smallest absolute Gasteiger partial charge is 0.226 e. The first-order valence-corrected chi connectivity index (χ1v) is 8.08. The van der Waals surface area contributed by atoms with Gasteiger partial charge in [0.05, 0.1) is 18.4 Å². The summed E-state index contributed by atoms with van der Waals surface area (Å²) in [5.74, 6) is 0.756. The molecule has 0 saturated heterocycles. The molecule has 2 aromatic rings. The van der Waals surface area contributed by atoms with E-state index in [4.69, 9.17) is 4.42 Å². The number of thiazole rings is 1. The second-order valence-corrected chi connectivity index (χ2v) is 5.53. The minimum atomic E-state index is 0.0125. The van der Waals surface area contributed by atoms with E-state index in [0.29, 0.717) is 13.0 Å². The molecule has 0 fully saturated rings. The van der Waals surface area contributed by atoms with Crippen LogP contribution in [0.5, 0.6) is 0 Å². The highest BCUT2D eigenvalue weighted by Crippen LogP contribution is 2.23. The van der Waals surface area contributed by atoms with Crippen LogP contribution in [0.3, 0.4) is 0 Å². The molecule has 1 amide bonds. The summed E-state index contributed by atoms with van der Waals surface area (Å²) < 4.78 is 5.30. The predicted octanol–water partition coefficient (Wildman–Crippen LogP) is 2.40. The molecule has 0 spiro atoms. The summed E-state index contributed by atoms with van der Waals surface area (Å²) in [6.07, 6.45) is 1.94. The number of aromatic nitrogens is 1. The van der Waals surface area contributed by atoms with Crippen LogP contribution in [0.25, 0.3) is 10.8 Å². The van der Waals surface area contributed by atoms with Gasteiger partial charge in [0.1, 0.15) is 0 Å². The number of rotatable bonds is 8. The van der Waals surface area contributed by atoms with Crippen LogP contribution in [0, 0.1) is 0 Å². The summed E-state index contributed by atoms with van der Waals surface area (Å²) in [6.45, 7) is 7.81. The molecular weight excluding hydrogens is 286 g/mol. The Kier molecular flexibility index (Phi) is 5.95. The van der Waals surface area contributed by atoms with E-state index >= 15 is 0 Å². The summed E-state index contributed by atoms with van der Waals surface area (Å²) in [6, 6.07) is 3.70. The van der Waals surface area contributed by atoms with Crippen LogP contribution in [0.4, 0.5) is 0 Å². The Hall–Kier alpha value is -1.66. The maximum Gasteiger partial charge on any atom is 0.226 e. The van der Waals surface area contributed by atoms with Gasteiger partial charge in [-0.15, -0.1) is 11.3 Å². The number of likely N-dealkylation sites (N-methyl/N-ethyl adjacent to an activating group) is 1. The van der Waals surface area contributed by atoms with Crippen molar-refractivity contribution in [3.8, 4) is 10.8 Å². The Balaban J connectivity index is 1.78. The summed E-state index contributed by atoms with van der Waals surface area (Å²) in [5.41, 5.74) is 0.784. The van der Waals surface area contributed by atoms with E-state index in [9.17, 15) is 4.79 Å². The second-order valence-electron chi connectivity index (χ2n) is 4.67. The fourth-order valence-corrected chi connectivity index (χ4v) is 2.81. The highest BCUT2D eigenvalue weighted by Gasteiger charge is 2.10. The maximum atomic E-state index is 11.9. The van der Waals surface area contributed by atoms with Gasteiger partial charge in [-0.2, -0.15) is 0 Å². The normalized spacial score (nSPS) is 11.0. The number of amides is 1. The first kappa shape index (κ1) is 15.7. The molecule has 0 aliphatic carbocycles. The highest BCUT2D eigenvalue weighted by molar-refractivity contribution is 7.13. The first-order chi connectivity index (χ1) is 10.2. The Morgan fingerprint density at radius 1 is 1.43 bits per heavy atom. The molecule has 0 unspecified atom stereocenters. The van der Waals surface area contributed by atoms with Gasteiger partial charge in [-0.25, -0.2) is 4.98 Å². The molecule has 0 radical (unpaired) electrons. The average molecular weight is 307 g/mol. The van der Waals surface area contributed by atoms with Crippen LogP contribution in [0.2, 0.25) is 0 Å². The number of carbonyl (C=O) groups is 1. The standard InChI is InChI=1S/C15H21N3O2S/c1-3-18(4-2)8-7-16-14(19)10-12-11-21-15(17-12)13-6-5-9-20-13/h5-6,9,11H,3-4,7-8,10H2,1-2H3,(H,16,19). The number of hydrogen-bond acceptors (Lipinski definition) is 5. The number of nitrogens with one attached hydrogen (secondary N) is 1. The molecule has 2 rings (SSSR count). The van der Waals surface area contributed by atoms with Crippen LogP contribution in [-0.2, 0) is 11.2 Å². The fourth-order valence-electron chi connectivity index (χ4n) is 2.02. The van der Waals surface area contributed by atoms with Crippen molar-refractivity contribution in [2.45, 2.75) is 20.3 Å². The molecular formula is C15H21N3O2S. The van der Waals surface area contributed by atoms with Crippen molar-refractivity contribution in [3.05, 3.63) is 29.5 Å². The quantitative estimate of drug-likeness (QED) is 0.813. The SMILES string of the molecule is CCN(CC)CCNC(=O)Cc1csc(-c2ccco2)n1. The summed E-state index contributed by atoms with van der Waals surface area (Å²) in [5, 5.41) is 5.65. The molecule has 0 saturated carbocycles. The third-order valence-electron chi connectivity index (χ3n) is 3.27. The lowest BCUT2D eigenvalue weighted by Crippen LogP contribution is -2.35. The van der Waals surface area contributed by atoms with Gasteiger partial charge < -0.3 is 14.6 Å². The topological polar surface area (TPSA) is 58.4 Å². The highest BCUT2D eigenvalue weighted by atomic mass is 32.1. The largest absolute Gasteiger partial charge is 0.462 e. The molecule has 0 aromatic carbocycles. The molecule has 0 aliphatic rings. The first-order valence-electron chi connectivity index (χ1n) is 7.20. The monoisotopic (exact) mass is 307 g/mol. The fraction of sp³-hybridized carbons (Fsp3) is 0.467. The zero-order chi connectivity index (χ0) is 15.1. The molecule has 0 atom stereocenters. The van der Waals surface area contributed by atoms with Crippen LogP contribution in [-0.4, -0.2) is 42.0 Å². The average Bonchev–Trinajstić information content (AvgIpc) is 3.14. The minimum Gasteiger partial charge on any atom is -0.462 e. The van der Waals surface area contributed by atoms with E-state index in [0.717, 1.165) is 36.1 Å². The van der Waals surface area contributed by atoms with E-state index in [1.165, 1.54) is 11.3 Å². The van der Waals surface area contributed by atoms with E-state index in [1.54, 1.807) is 6.26 Å². The number of nitrogens with zero attached hydrogens (tertiary/aromatic N) is 2. The lowest BCUT2D eigenvalue weighted by Gasteiger charge is -2.17. The Bertz CT molecular complexity index is 547. The van der Waals surface area contributed by atoms with Gasteiger partial charge in [-0.05, 0) is 25.2 Å². The Morgan fingerprint density at radius 3 is 2.90 bits per heavy atom. The molecule has 5 nitrogen and oxygen atoms in total. The van der Waals surface area contributed by atoms with Crippen LogP contribution in [0.15, 0.2) is 28.2 Å². The van der Waals surface area contributed by atoms with Crippen molar-refractivity contribution in [1.29, 1.82) is 0 Å². The Morgan fingerprint density at radius 2 is 2.24 bits per heavy atom. The molecule has 0 bridgehead atoms. The van der Waals surface area contributed by atoms with Gasteiger partial charge in [-0.1, -0.05) is 13.8 Å². The maximum absolute atomic E-state index is 11.9. The molecule has 2 aromatic heterocycles. The van der Waals surface area contributed by atoms with Gasteiger partial charge in [-0.3, -0.25) is 4.79 Å². The van der Waals surface area contributed by atoms with Crippen molar-refractivity contribution in [2.75, 3.05) is 26.2 Å². The van der Waals surface area contributed by atoms with Crippen molar-refractivity contribution in [3.63, 3.8) is 0 Å².